The summed E-state index contributed by atoms with van der Waals surface area (Å²) in [7, 11) is -2.02. The van der Waals surface area contributed by atoms with E-state index in [1.54, 1.807) is 18.5 Å². The molecule has 6 nitrogen and oxygen atoms in total. The zero-order chi connectivity index (χ0) is 14.5. The third-order valence-electron chi connectivity index (χ3n) is 2.69. The highest BCUT2D eigenvalue weighted by Gasteiger charge is 2.23. The van der Waals surface area contributed by atoms with Crippen LogP contribution in [-0.4, -0.2) is 44.3 Å². The number of ether oxygens (including phenoxy) is 1. The Balaban J connectivity index is 2.96. The van der Waals surface area contributed by atoms with Gasteiger partial charge in [-0.1, -0.05) is 0 Å². The predicted octanol–water partition coefficient (Wildman–Crippen LogP) is 1.05. The van der Waals surface area contributed by atoms with E-state index in [0.29, 0.717) is 30.4 Å². The largest absolute Gasteiger partial charge is 0.383 e. The van der Waals surface area contributed by atoms with Gasteiger partial charge in [0.15, 0.2) is 0 Å². The van der Waals surface area contributed by atoms with E-state index in [0.717, 1.165) is 6.42 Å². The van der Waals surface area contributed by atoms with Gasteiger partial charge < -0.3 is 4.74 Å². The van der Waals surface area contributed by atoms with Gasteiger partial charge >= 0.3 is 0 Å². The zero-order valence-electron chi connectivity index (χ0n) is 11.4. The average Bonchev–Trinajstić information content (AvgIpc) is 2.62. The van der Waals surface area contributed by atoms with Crippen LogP contribution in [0.1, 0.15) is 17.8 Å². The number of aromatic nitrogens is 2. The minimum Gasteiger partial charge on any atom is -0.383 e. The first-order chi connectivity index (χ1) is 8.94. The van der Waals surface area contributed by atoms with Crippen molar-refractivity contribution in [2.45, 2.75) is 31.7 Å². The normalized spacial score (nSPS) is 12.0. The second-order valence-corrected chi connectivity index (χ2v) is 6.24. The summed E-state index contributed by atoms with van der Waals surface area (Å²) in [6.45, 7) is 4.63. The molecule has 0 amide bonds. The maximum Gasteiger partial charge on any atom is 0.244 e. The minimum atomic E-state index is -3.54. The van der Waals surface area contributed by atoms with Gasteiger partial charge in [-0.25, -0.2) is 13.1 Å². The van der Waals surface area contributed by atoms with Gasteiger partial charge in [-0.05, 0) is 20.3 Å². The number of hydrogen-bond acceptors (Lipinski definition) is 4. The van der Waals surface area contributed by atoms with Gasteiger partial charge in [0.1, 0.15) is 4.90 Å². The van der Waals surface area contributed by atoms with Gasteiger partial charge in [0, 0.05) is 26.1 Å². The number of sulfonamides is 1. The van der Waals surface area contributed by atoms with Crippen LogP contribution in [0.25, 0.3) is 0 Å². The summed E-state index contributed by atoms with van der Waals surface area (Å²) in [6, 6.07) is 0. The molecule has 0 aliphatic carbocycles. The molecule has 0 spiro atoms. The van der Waals surface area contributed by atoms with Crippen molar-refractivity contribution in [2.24, 2.45) is 0 Å². The SMILES string of the molecule is COCCNS(=O)(=O)c1c(C)nn(CCCCl)c1C. The molecule has 1 N–H and O–H groups in total. The van der Waals surface area contributed by atoms with Gasteiger partial charge in [0.25, 0.3) is 0 Å². The van der Waals surface area contributed by atoms with Crippen LogP contribution < -0.4 is 4.72 Å². The van der Waals surface area contributed by atoms with E-state index in [1.165, 1.54) is 7.11 Å². The van der Waals surface area contributed by atoms with Crippen molar-refractivity contribution < 1.29 is 13.2 Å². The van der Waals surface area contributed by atoms with E-state index in [1.807, 2.05) is 0 Å². The highest BCUT2D eigenvalue weighted by atomic mass is 35.5. The molecular weight excluding hydrogens is 290 g/mol. The van der Waals surface area contributed by atoms with Crippen LogP contribution in [0.15, 0.2) is 4.90 Å². The second kappa shape index (κ2) is 7.23. The molecule has 0 atom stereocenters. The molecule has 0 radical (unpaired) electrons. The molecule has 110 valence electrons. The molecule has 8 heteroatoms. The summed E-state index contributed by atoms with van der Waals surface area (Å²) in [5.41, 5.74) is 1.13. The van der Waals surface area contributed by atoms with Crippen molar-refractivity contribution in [3.63, 3.8) is 0 Å². The summed E-state index contributed by atoms with van der Waals surface area (Å²) in [5.74, 6) is 0.520. The Labute approximate surface area is 119 Å². The average molecular weight is 310 g/mol. The van der Waals surface area contributed by atoms with E-state index in [-0.39, 0.29) is 11.4 Å². The third-order valence-corrected chi connectivity index (χ3v) is 4.67. The van der Waals surface area contributed by atoms with Crippen molar-refractivity contribution in [1.29, 1.82) is 0 Å². The number of alkyl halides is 1. The number of halogens is 1. The fourth-order valence-corrected chi connectivity index (χ4v) is 3.39. The smallest absolute Gasteiger partial charge is 0.244 e. The minimum absolute atomic E-state index is 0.241. The van der Waals surface area contributed by atoms with Crippen molar-refractivity contribution in [2.75, 3.05) is 26.1 Å². The quantitative estimate of drug-likeness (QED) is 0.575. The fourth-order valence-electron chi connectivity index (χ4n) is 1.85. The Morgan fingerprint density at radius 2 is 2.11 bits per heavy atom. The number of methoxy groups -OCH3 is 1. The van der Waals surface area contributed by atoms with Crippen LogP contribution in [0.2, 0.25) is 0 Å². The molecule has 19 heavy (non-hydrogen) atoms. The first-order valence-electron chi connectivity index (χ1n) is 6.02. The van der Waals surface area contributed by atoms with E-state index in [2.05, 4.69) is 9.82 Å². The molecule has 0 aliphatic heterocycles. The summed E-state index contributed by atoms with van der Waals surface area (Å²) in [5, 5.41) is 4.25. The zero-order valence-corrected chi connectivity index (χ0v) is 13.0. The van der Waals surface area contributed by atoms with Crippen LogP contribution in [0.5, 0.6) is 0 Å². The molecule has 0 aliphatic rings. The molecule has 1 rings (SSSR count). The lowest BCUT2D eigenvalue weighted by Crippen LogP contribution is -2.28. The number of aryl methyl sites for hydroxylation is 2. The van der Waals surface area contributed by atoms with Crippen LogP contribution in [0.3, 0.4) is 0 Å². The fraction of sp³-hybridized carbons (Fsp3) is 0.727. The Kier molecular flexibility index (Phi) is 6.25. The topological polar surface area (TPSA) is 73.2 Å². The molecule has 0 bridgehead atoms. The highest BCUT2D eigenvalue weighted by Crippen LogP contribution is 2.19. The van der Waals surface area contributed by atoms with Crippen LogP contribution in [-0.2, 0) is 21.3 Å². The number of rotatable bonds is 8. The number of nitrogens with zero attached hydrogens (tertiary/aromatic N) is 2. The Morgan fingerprint density at radius 3 is 2.68 bits per heavy atom. The van der Waals surface area contributed by atoms with Crippen LogP contribution >= 0.6 is 11.6 Å². The van der Waals surface area contributed by atoms with E-state index in [4.69, 9.17) is 16.3 Å². The molecule has 0 saturated heterocycles. The maximum atomic E-state index is 12.2. The van der Waals surface area contributed by atoms with E-state index < -0.39 is 10.0 Å². The number of nitrogens with one attached hydrogen (secondary N) is 1. The van der Waals surface area contributed by atoms with Crippen molar-refractivity contribution >= 4 is 21.6 Å². The Morgan fingerprint density at radius 1 is 1.42 bits per heavy atom. The molecule has 1 aromatic heterocycles. The lowest BCUT2D eigenvalue weighted by atomic mass is 10.4. The van der Waals surface area contributed by atoms with Gasteiger partial charge in [0.2, 0.25) is 10.0 Å². The van der Waals surface area contributed by atoms with Gasteiger partial charge in [-0.2, -0.15) is 5.10 Å². The molecule has 0 saturated carbocycles. The number of hydrogen-bond donors (Lipinski definition) is 1. The first-order valence-corrected chi connectivity index (χ1v) is 8.04. The molecule has 1 heterocycles. The van der Waals surface area contributed by atoms with Gasteiger partial charge in [-0.15, -0.1) is 11.6 Å². The second-order valence-electron chi connectivity index (χ2n) is 4.16. The molecule has 0 fully saturated rings. The van der Waals surface area contributed by atoms with Crippen LogP contribution in [0.4, 0.5) is 0 Å². The van der Waals surface area contributed by atoms with Crippen molar-refractivity contribution in [3.05, 3.63) is 11.4 Å². The lowest BCUT2D eigenvalue weighted by Gasteiger charge is -2.07. The Hall–Kier alpha value is -0.630. The van der Waals surface area contributed by atoms with E-state index >= 15 is 0 Å². The van der Waals surface area contributed by atoms with Gasteiger partial charge in [-0.3, -0.25) is 4.68 Å². The summed E-state index contributed by atoms with van der Waals surface area (Å²) < 4.78 is 33.4. The van der Waals surface area contributed by atoms with Gasteiger partial charge in [0.05, 0.1) is 18.0 Å². The van der Waals surface area contributed by atoms with Crippen LogP contribution in [0, 0.1) is 13.8 Å². The molecule has 0 aromatic carbocycles. The molecule has 0 unspecified atom stereocenters. The van der Waals surface area contributed by atoms with Crippen molar-refractivity contribution in [3.8, 4) is 0 Å². The van der Waals surface area contributed by atoms with E-state index in [9.17, 15) is 8.42 Å². The first kappa shape index (κ1) is 16.4. The standard InChI is InChI=1S/C11H20ClN3O3S/c1-9-11(19(16,17)13-6-8-18-3)10(2)15(14-9)7-4-5-12/h13H,4-8H2,1-3H3. The lowest BCUT2D eigenvalue weighted by molar-refractivity contribution is 0.204. The summed E-state index contributed by atoms with van der Waals surface area (Å²) in [4.78, 5) is 0.248. The van der Waals surface area contributed by atoms with Crippen molar-refractivity contribution in [1.82, 2.24) is 14.5 Å². The summed E-state index contributed by atoms with van der Waals surface area (Å²) >= 11 is 5.64. The Bertz CT molecular complexity index is 514. The predicted molar refractivity (Wildman–Crippen MR) is 74.1 cm³/mol. The molecular formula is C11H20ClN3O3S. The highest BCUT2D eigenvalue weighted by molar-refractivity contribution is 7.89. The maximum absolute atomic E-state index is 12.2. The monoisotopic (exact) mass is 309 g/mol. The summed E-state index contributed by atoms with van der Waals surface area (Å²) in [6.07, 6.45) is 0.750. The molecule has 1 aromatic rings. The third kappa shape index (κ3) is 4.17.